The van der Waals surface area contributed by atoms with Gasteiger partial charge in [-0.3, -0.25) is 9.69 Å². The fourth-order valence-corrected chi connectivity index (χ4v) is 2.85. The predicted octanol–water partition coefficient (Wildman–Crippen LogP) is 0.747. The Labute approximate surface area is 96.6 Å². The molecule has 1 saturated heterocycles. The molecule has 0 spiro atoms. The van der Waals surface area contributed by atoms with Crippen molar-refractivity contribution in [2.45, 2.75) is 32.2 Å². The summed E-state index contributed by atoms with van der Waals surface area (Å²) in [6.45, 7) is 4.32. The number of piperazine rings is 1. The number of rotatable bonds is 1. The van der Waals surface area contributed by atoms with Crippen LogP contribution in [0.25, 0.3) is 0 Å². The van der Waals surface area contributed by atoms with Crippen LogP contribution in [0.5, 0.6) is 0 Å². The summed E-state index contributed by atoms with van der Waals surface area (Å²) in [4.78, 5) is 13.6. The van der Waals surface area contributed by atoms with Crippen LogP contribution >= 0.6 is 0 Å². The number of amides is 1. The van der Waals surface area contributed by atoms with E-state index in [4.69, 9.17) is 5.26 Å². The second-order valence-electron chi connectivity index (χ2n) is 5.04. The lowest BCUT2D eigenvalue weighted by molar-refractivity contribution is -0.125. The zero-order valence-corrected chi connectivity index (χ0v) is 9.78. The Kier molecular flexibility index (Phi) is 3.45. The smallest absolute Gasteiger partial charge is 0.234 e. The molecule has 3 atom stereocenters. The first kappa shape index (κ1) is 11.4. The summed E-state index contributed by atoms with van der Waals surface area (Å²) in [5, 5.41) is 12.0. The topological polar surface area (TPSA) is 56.1 Å². The minimum Gasteiger partial charge on any atom is -0.354 e. The van der Waals surface area contributed by atoms with E-state index in [0.29, 0.717) is 18.5 Å². The summed E-state index contributed by atoms with van der Waals surface area (Å²) in [5.74, 6) is 0.892. The summed E-state index contributed by atoms with van der Waals surface area (Å²) in [7, 11) is 0. The van der Waals surface area contributed by atoms with Gasteiger partial charge in [-0.1, -0.05) is 6.92 Å². The molecule has 0 aromatic rings. The number of nitrogens with zero attached hydrogens (tertiary/aromatic N) is 2. The number of nitrogens with one attached hydrogen (secondary N) is 1. The molecule has 0 radical (unpaired) electrons. The lowest BCUT2D eigenvalue weighted by atomic mass is 9.79. The highest BCUT2D eigenvalue weighted by atomic mass is 16.2. The van der Waals surface area contributed by atoms with E-state index < -0.39 is 0 Å². The number of carbonyl (C=O) groups excluding carboxylic acids is 1. The average molecular weight is 221 g/mol. The zero-order chi connectivity index (χ0) is 11.5. The summed E-state index contributed by atoms with van der Waals surface area (Å²) >= 11 is 0. The van der Waals surface area contributed by atoms with Crippen LogP contribution in [-0.2, 0) is 4.79 Å². The fourth-order valence-electron chi connectivity index (χ4n) is 2.85. The van der Waals surface area contributed by atoms with Gasteiger partial charge in [0.05, 0.1) is 18.5 Å². The van der Waals surface area contributed by atoms with Crippen molar-refractivity contribution in [3.8, 4) is 6.07 Å². The average Bonchev–Trinajstić information content (AvgIpc) is 2.29. The van der Waals surface area contributed by atoms with Gasteiger partial charge >= 0.3 is 0 Å². The van der Waals surface area contributed by atoms with Gasteiger partial charge in [0, 0.05) is 19.1 Å². The van der Waals surface area contributed by atoms with Gasteiger partial charge in [-0.05, 0) is 25.2 Å². The van der Waals surface area contributed by atoms with E-state index in [9.17, 15) is 4.79 Å². The summed E-state index contributed by atoms with van der Waals surface area (Å²) in [5.41, 5.74) is 0. The van der Waals surface area contributed by atoms with Crippen molar-refractivity contribution in [3.05, 3.63) is 0 Å². The maximum Gasteiger partial charge on any atom is 0.234 e. The monoisotopic (exact) mass is 221 g/mol. The Balaban J connectivity index is 2.04. The molecule has 1 N–H and O–H groups in total. The third-order valence-corrected chi connectivity index (χ3v) is 3.78. The molecule has 1 heterocycles. The Hall–Kier alpha value is -1.08. The van der Waals surface area contributed by atoms with Crippen molar-refractivity contribution >= 4 is 5.91 Å². The number of hydrogen-bond donors (Lipinski definition) is 1. The molecule has 4 heteroatoms. The SMILES string of the molecule is CC1CCC(C#N)C(N2CCNC(=O)C2)C1. The van der Waals surface area contributed by atoms with Crippen LogP contribution in [0.3, 0.4) is 0 Å². The van der Waals surface area contributed by atoms with Gasteiger partial charge in [-0.25, -0.2) is 0 Å². The molecular formula is C12H19N3O. The van der Waals surface area contributed by atoms with Crippen molar-refractivity contribution in [1.29, 1.82) is 5.26 Å². The van der Waals surface area contributed by atoms with E-state index in [1.54, 1.807) is 0 Å². The molecule has 1 saturated carbocycles. The maximum atomic E-state index is 11.4. The quantitative estimate of drug-likeness (QED) is 0.710. The molecule has 2 fully saturated rings. The van der Waals surface area contributed by atoms with Gasteiger partial charge in [0.1, 0.15) is 0 Å². The molecule has 16 heavy (non-hydrogen) atoms. The van der Waals surface area contributed by atoms with Gasteiger partial charge in [0.15, 0.2) is 0 Å². The Morgan fingerprint density at radius 1 is 1.50 bits per heavy atom. The molecule has 1 amide bonds. The molecular weight excluding hydrogens is 202 g/mol. The predicted molar refractivity (Wildman–Crippen MR) is 60.5 cm³/mol. The van der Waals surface area contributed by atoms with Crippen molar-refractivity contribution < 1.29 is 4.79 Å². The largest absolute Gasteiger partial charge is 0.354 e. The minimum atomic E-state index is 0.0983. The van der Waals surface area contributed by atoms with E-state index >= 15 is 0 Å². The van der Waals surface area contributed by atoms with Crippen molar-refractivity contribution in [2.24, 2.45) is 11.8 Å². The van der Waals surface area contributed by atoms with Crippen LogP contribution < -0.4 is 5.32 Å². The molecule has 88 valence electrons. The van der Waals surface area contributed by atoms with E-state index in [-0.39, 0.29) is 11.8 Å². The van der Waals surface area contributed by atoms with Crippen LogP contribution in [-0.4, -0.2) is 36.5 Å². The Bertz CT molecular complexity index is 310. The van der Waals surface area contributed by atoms with Gasteiger partial charge in [0.25, 0.3) is 0 Å². The fraction of sp³-hybridized carbons (Fsp3) is 0.833. The first-order valence-electron chi connectivity index (χ1n) is 6.11. The van der Waals surface area contributed by atoms with Gasteiger partial charge in [-0.15, -0.1) is 0 Å². The molecule has 4 nitrogen and oxygen atoms in total. The number of carbonyl (C=O) groups is 1. The van der Waals surface area contributed by atoms with Crippen molar-refractivity contribution in [3.63, 3.8) is 0 Å². The summed E-state index contributed by atoms with van der Waals surface area (Å²) in [6, 6.07) is 2.70. The lowest BCUT2D eigenvalue weighted by Gasteiger charge is -2.40. The summed E-state index contributed by atoms with van der Waals surface area (Å²) < 4.78 is 0. The van der Waals surface area contributed by atoms with E-state index in [2.05, 4.69) is 23.2 Å². The first-order valence-corrected chi connectivity index (χ1v) is 6.11. The van der Waals surface area contributed by atoms with E-state index in [1.165, 1.54) is 0 Å². The van der Waals surface area contributed by atoms with Crippen LogP contribution in [0.4, 0.5) is 0 Å². The molecule has 0 aromatic heterocycles. The molecule has 1 aliphatic carbocycles. The normalized spacial score (nSPS) is 36.5. The van der Waals surface area contributed by atoms with Crippen LogP contribution in [0.2, 0.25) is 0 Å². The van der Waals surface area contributed by atoms with Crippen molar-refractivity contribution in [1.82, 2.24) is 10.2 Å². The first-order chi connectivity index (χ1) is 7.70. The standard InChI is InChI=1S/C12H19N3O/c1-9-2-3-10(7-13)11(6-9)15-5-4-14-12(16)8-15/h9-11H,2-6,8H2,1H3,(H,14,16). The minimum absolute atomic E-state index is 0.0983. The molecule has 0 bridgehead atoms. The maximum absolute atomic E-state index is 11.4. The van der Waals surface area contributed by atoms with Crippen molar-refractivity contribution in [2.75, 3.05) is 19.6 Å². The van der Waals surface area contributed by atoms with Crippen LogP contribution in [0.1, 0.15) is 26.2 Å². The van der Waals surface area contributed by atoms with Gasteiger partial charge in [-0.2, -0.15) is 5.26 Å². The molecule has 2 rings (SSSR count). The second kappa shape index (κ2) is 4.84. The van der Waals surface area contributed by atoms with E-state index in [1.807, 2.05) is 0 Å². The number of nitriles is 1. The molecule has 0 aromatic carbocycles. The molecule has 1 aliphatic heterocycles. The van der Waals surface area contributed by atoms with Gasteiger partial charge in [0.2, 0.25) is 5.91 Å². The molecule has 3 unspecified atom stereocenters. The molecule has 2 aliphatic rings. The summed E-state index contributed by atoms with van der Waals surface area (Å²) in [6.07, 6.45) is 3.20. The highest BCUT2D eigenvalue weighted by molar-refractivity contribution is 5.78. The third kappa shape index (κ3) is 2.35. The Morgan fingerprint density at radius 3 is 3.00 bits per heavy atom. The Morgan fingerprint density at radius 2 is 2.31 bits per heavy atom. The zero-order valence-electron chi connectivity index (χ0n) is 9.78. The highest BCUT2D eigenvalue weighted by Crippen LogP contribution is 2.31. The number of hydrogen-bond acceptors (Lipinski definition) is 3. The van der Waals surface area contributed by atoms with Crippen LogP contribution in [0, 0.1) is 23.2 Å². The second-order valence-corrected chi connectivity index (χ2v) is 5.04. The van der Waals surface area contributed by atoms with Gasteiger partial charge < -0.3 is 5.32 Å². The van der Waals surface area contributed by atoms with Crippen LogP contribution in [0.15, 0.2) is 0 Å². The third-order valence-electron chi connectivity index (χ3n) is 3.78. The highest BCUT2D eigenvalue weighted by Gasteiger charge is 2.34. The van der Waals surface area contributed by atoms with E-state index in [0.717, 1.165) is 32.4 Å². The lowest BCUT2D eigenvalue weighted by Crippen LogP contribution is -2.54.